The summed E-state index contributed by atoms with van der Waals surface area (Å²) < 4.78 is 16.0. The molecule has 0 saturated carbocycles. The normalized spacial score (nSPS) is 13.5. The van der Waals surface area contributed by atoms with Crippen molar-refractivity contribution in [3.8, 4) is 17.2 Å². The number of nitrogens with zero attached hydrogens (tertiary/aromatic N) is 1. The van der Waals surface area contributed by atoms with Crippen molar-refractivity contribution >= 4 is 11.8 Å². The standard InChI is InChI=1S/C18H26N2O5/c1-23-14-8-6-13(17(24-2)18(14)25-3)7-9-15(21)19-12-16(22)20-10-4-5-11-20/h6,8H,4-5,7,9-12H2,1-3H3,(H,19,21). The van der Waals surface area contributed by atoms with Gasteiger partial charge < -0.3 is 24.4 Å². The van der Waals surface area contributed by atoms with Crippen molar-refractivity contribution in [3.63, 3.8) is 0 Å². The molecule has 1 heterocycles. The maximum atomic E-state index is 12.0. The Labute approximate surface area is 148 Å². The lowest BCUT2D eigenvalue weighted by atomic mass is 10.1. The van der Waals surface area contributed by atoms with Crippen LogP contribution in [0, 0.1) is 0 Å². The van der Waals surface area contributed by atoms with E-state index < -0.39 is 0 Å². The molecule has 25 heavy (non-hydrogen) atoms. The first-order valence-electron chi connectivity index (χ1n) is 8.43. The monoisotopic (exact) mass is 350 g/mol. The van der Waals surface area contributed by atoms with Gasteiger partial charge in [-0.15, -0.1) is 0 Å². The van der Waals surface area contributed by atoms with Crippen LogP contribution in [-0.2, 0) is 16.0 Å². The summed E-state index contributed by atoms with van der Waals surface area (Å²) in [7, 11) is 4.65. The topological polar surface area (TPSA) is 77.1 Å². The van der Waals surface area contributed by atoms with Crippen LogP contribution < -0.4 is 19.5 Å². The molecule has 2 rings (SSSR count). The van der Waals surface area contributed by atoms with Gasteiger partial charge in [0.05, 0.1) is 27.9 Å². The highest BCUT2D eigenvalue weighted by molar-refractivity contribution is 5.85. The van der Waals surface area contributed by atoms with E-state index in [0.717, 1.165) is 31.5 Å². The fourth-order valence-corrected chi connectivity index (χ4v) is 2.95. The number of carbonyl (C=O) groups excluding carboxylic acids is 2. The fourth-order valence-electron chi connectivity index (χ4n) is 2.95. The molecule has 1 aliphatic heterocycles. The van der Waals surface area contributed by atoms with Gasteiger partial charge in [-0.05, 0) is 30.9 Å². The van der Waals surface area contributed by atoms with Crippen LogP contribution in [0.2, 0.25) is 0 Å². The Bertz CT molecular complexity index is 612. The molecule has 0 spiro atoms. The third-order valence-corrected chi connectivity index (χ3v) is 4.30. The molecule has 0 radical (unpaired) electrons. The molecule has 1 aliphatic rings. The Morgan fingerprint density at radius 2 is 1.72 bits per heavy atom. The van der Waals surface area contributed by atoms with Crippen molar-refractivity contribution in [1.82, 2.24) is 10.2 Å². The zero-order chi connectivity index (χ0) is 18.2. The summed E-state index contributed by atoms with van der Waals surface area (Å²) in [6.07, 6.45) is 2.82. The first kappa shape index (κ1) is 18.9. The number of amides is 2. The highest BCUT2D eigenvalue weighted by Crippen LogP contribution is 2.40. The largest absolute Gasteiger partial charge is 0.493 e. The Morgan fingerprint density at radius 3 is 2.32 bits per heavy atom. The number of nitrogens with one attached hydrogen (secondary N) is 1. The number of methoxy groups -OCH3 is 3. The van der Waals surface area contributed by atoms with Crippen LogP contribution in [0.1, 0.15) is 24.8 Å². The molecule has 1 aromatic carbocycles. The molecule has 0 bridgehead atoms. The molecule has 1 N–H and O–H groups in total. The van der Waals surface area contributed by atoms with Crippen molar-refractivity contribution in [1.29, 1.82) is 0 Å². The SMILES string of the molecule is COc1ccc(CCC(=O)NCC(=O)N2CCCC2)c(OC)c1OC. The zero-order valence-corrected chi connectivity index (χ0v) is 15.1. The van der Waals surface area contributed by atoms with Gasteiger partial charge in [-0.25, -0.2) is 0 Å². The van der Waals surface area contributed by atoms with E-state index in [1.807, 2.05) is 6.07 Å². The Morgan fingerprint density at radius 1 is 1.04 bits per heavy atom. The first-order valence-corrected chi connectivity index (χ1v) is 8.43. The molecule has 138 valence electrons. The number of likely N-dealkylation sites (tertiary alicyclic amines) is 1. The van der Waals surface area contributed by atoms with Crippen LogP contribution in [0.3, 0.4) is 0 Å². The van der Waals surface area contributed by atoms with Crippen LogP contribution in [0.15, 0.2) is 12.1 Å². The smallest absolute Gasteiger partial charge is 0.241 e. The second-order valence-electron chi connectivity index (χ2n) is 5.86. The molecule has 1 fully saturated rings. The number of rotatable bonds is 8. The van der Waals surface area contributed by atoms with Gasteiger partial charge in [-0.1, -0.05) is 6.07 Å². The highest BCUT2D eigenvalue weighted by Gasteiger charge is 2.19. The third kappa shape index (κ3) is 4.78. The molecule has 1 aromatic rings. The van der Waals surface area contributed by atoms with Gasteiger partial charge in [0.15, 0.2) is 11.5 Å². The van der Waals surface area contributed by atoms with E-state index in [2.05, 4.69) is 5.32 Å². The summed E-state index contributed by atoms with van der Waals surface area (Å²) in [6.45, 7) is 1.64. The van der Waals surface area contributed by atoms with Crippen LogP contribution in [0.4, 0.5) is 0 Å². The zero-order valence-electron chi connectivity index (χ0n) is 15.1. The van der Waals surface area contributed by atoms with Crippen molar-refractivity contribution < 1.29 is 23.8 Å². The number of carbonyl (C=O) groups is 2. The molecule has 0 aliphatic carbocycles. The Hall–Kier alpha value is -2.44. The summed E-state index contributed by atoms with van der Waals surface area (Å²) in [4.78, 5) is 25.8. The van der Waals surface area contributed by atoms with Crippen LogP contribution in [0.5, 0.6) is 17.2 Å². The predicted molar refractivity (Wildman–Crippen MR) is 93.2 cm³/mol. The molecule has 1 saturated heterocycles. The van der Waals surface area contributed by atoms with Crippen LogP contribution >= 0.6 is 0 Å². The van der Waals surface area contributed by atoms with Gasteiger partial charge >= 0.3 is 0 Å². The molecule has 0 aromatic heterocycles. The van der Waals surface area contributed by atoms with E-state index in [-0.39, 0.29) is 24.8 Å². The van der Waals surface area contributed by atoms with E-state index in [4.69, 9.17) is 14.2 Å². The maximum absolute atomic E-state index is 12.0. The predicted octanol–water partition coefficient (Wildman–Crippen LogP) is 1.38. The minimum absolute atomic E-state index is 0.0189. The first-order chi connectivity index (χ1) is 12.1. The van der Waals surface area contributed by atoms with Crippen molar-refractivity contribution in [2.24, 2.45) is 0 Å². The molecule has 2 amide bonds. The highest BCUT2D eigenvalue weighted by atomic mass is 16.5. The average Bonchev–Trinajstić information content (AvgIpc) is 3.18. The van der Waals surface area contributed by atoms with Crippen molar-refractivity contribution in [2.45, 2.75) is 25.7 Å². The fraction of sp³-hybridized carbons (Fsp3) is 0.556. The second-order valence-corrected chi connectivity index (χ2v) is 5.86. The third-order valence-electron chi connectivity index (χ3n) is 4.30. The maximum Gasteiger partial charge on any atom is 0.241 e. The lowest BCUT2D eigenvalue weighted by Crippen LogP contribution is -2.38. The number of hydrogen-bond acceptors (Lipinski definition) is 5. The molecule has 0 unspecified atom stereocenters. The summed E-state index contributed by atoms with van der Waals surface area (Å²) in [6, 6.07) is 3.63. The Kier molecular flexibility index (Phi) is 6.91. The van der Waals surface area contributed by atoms with Crippen LogP contribution in [-0.4, -0.2) is 57.7 Å². The summed E-state index contributed by atoms with van der Waals surface area (Å²) in [5.74, 6) is 1.46. The minimum atomic E-state index is -0.163. The summed E-state index contributed by atoms with van der Waals surface area (Å²) in [5, 5.41) is 2.69. The van der Waals surface area contributed by atoms with E-state index >= 15 is 0 Å². The lowest BCUT2D eigenvalue weighted by molar-refractivity contribution is -0.132. The lowest BCUT2D eigenvalue weighted by Gasteiger charge is -2.16. The molecule has 7 nitrogen and oxygen atoms in total. The summed E-state index contributed by atoms with van der Waals surface area (Å²) in [5.41, 5.74) is 0.848. The molecular weight excluding hydrogens is 324 g/mol. The van der Waals surface area contributed by atoms with Gasteiger partial charge in [0, 0.05) is 19.5 Å². The number of hydrogen-bond donors (Lipinski definition) is 1. The summed E-state index contributed by atoms with van der Waals surface area (Å²) >= 11 is 0. The van der Waals surface area contributed by atoms with Crippen LogP contribution in [0.25, 0.3) is 0 Å². The van der Waals surface area contributed by atoms with Crippen molar-refractivity contribution in [3.05, 3.63) is 17.7 Å². The minimum Gasteiger partial charge on any atom is -0.493 e. The van der Waals surface area contributed by atoms with Crippen molar-refractivity contribution in [2.75, 3.05) is 41.0 Å². The van der Waals surface area contributed by atoms with Gasteiger partial charge in [-0.3, -0.25) is 9.59 Å². The number of aryl methyl sites for hydroxylation is 1. The van der Waals surface area contributed by atoms with E-state index in [1.54, 1.807) is 32.3 Å². The second kappa shape index (κ2) is 9.15. The number of benzene rings is 1. The van der Waals surface area contributed by atoms with Gasteiger partial charge in [0.25, 0.3) is 0 Å². The van der Waals surface area contributed by atoms with E-state index in [0.29, 0.717) is 23.7 Å². The van der Waals surface area contributed by atoms with Gasteiger partial charge in [0.2, 0.25) is 17.6 Å². The van der Waals surface area contributed by atoms with E-state index in [1.165, 1.54) is 0 Å². The number of ether oxygens (including phenoxy) is 3. The molecule has 0 atom stereocenters. The Balaban J connectivity index is 1.89. The van der Waals surface area contributed by atoms with E-state index in [9.17, 15) is 9.59 Å². The average molecular weight is 350 g/mol. The van der Waals surface area contributed by atoms with Gasteiger partial charge in [0.1, 0.15) is 0 Å². The quantitative estimate of drug-likeness (QED) is 0.766. The molecular formula is C18H26N2O5. The molecule has 7 heteroatoms. The van der Waals surface area contributed by atoms with Gasteiger partial charge in [-0.2, -0.15) is 0 Å².